The third kappa shape index (κ3) is 3.49. The first kappa shape index (κ1) is 19.1. The molecule has 3 heteroatoms. The van der Waals surface area contributed by atoms with Crippen molar-refractivity contribution in [2.45, 2.75) is 40.0 Å². The summed E-state index contributed by atoms with van der Waals surface area (Å²) in [5.41, 5.74) is 6.39. The van der Waals surface area contributed by atoms with Crippen molar-refractivity contribution in [1.82, 2.24) is 0 Å². The van der Waals surface area contributed by atoms with Crippen LogP contribution in [0.4, 0.5) is 0 Å². The first-order valence-corrected chi connectivity index (χ1v) is 9.86. The number of carbonyl (C=O) groups excluding carboxylic acids is 2. The molecule has 29 heavy (non-hydrogen) atoms. The minimum Gasteiger partial charge on any atom is -0.461 e. The fraction of sp³-hybridized carbons (Fsp3) is 0.231. The molecule has 1 unspecified atom stereocenters. The molecule has 0 amide bonds. The SMILES string of the molecule is Cc1cc(C)c(C2C(=O)CC(=Cc3cc(-c4ccccc4)oc3C)C2=O)c(C)c1. The van der Waals surface area contributed by atoms with Crippen LogP contribution in [0, 0.1) is 27.7 Å². The van der Waals surface area contributed by atoms with Gasteiger partial charge in [0.25, 0.3) is 0 Å². The zero-order valence-electron chi connectivity index (χ0n) is 17.2. The van der Waals surface area contributed by atoms with Gasteiger partial charge in [0.05, 0.1) is 0 Å². The van der Waals surface area contributed by atoms with Crippen LogP contribution in [0.3, 0.4) is 0 Å². The molecular formula is C26H24O3. The van der Waals surface area contributed by atoms with Gasteiger partial charge in [-0.05, 0) is 56.5 Å². The van der Waals surface area contributed by atoms with Crippen molar-refractivity contribution in [3.63, 3.8) is 0 Å². The molecule has 3 nitrogen and oxygen atoms in total. The largest absolute Gasteiger partial charge is 0.461 e. The minimum atomic E-state index is -0.692. The number of aryl methyl sites for hydroxylation is 4. The van der Waals surface area contributed by atoms with Gasteiger partial charge >= 0.3 is 0 Å². The van der Waals surface area contributed by atoms with Crippen LogP contribution >= 0.6 is 0 Å². The third-order valence-electron chi connectivity index (χ3n) is 5.64. The normalized spacial score (nSPS) is 18.1. The van der Waals surface area contributed by atoms with Crippen LogP contribution in [0.1, 0.15) is 45.9 Å². The lowest BCUT2D eigenvalue weighted by molar-refractivity contribution is -0.123. The van der Waals surface area contributed by atoms with Gasteiger partial charge in [0, 0.05) is 23.1 Å². The van der Waals surface area contributed by atoms with Crippen LogP contribution in [0.15, 0.2) is 58.5 Å². The molecule has 0 saturated heterocycles. The topological polar surface area (TPSA) is 47.3 Å². The molecule has 1 fully saturated rings. The van der Waals surface area contributed by atoms with Crippen molar-refractivity contribution in [2.24, 2.45) is 0 Å². The van der Waals surface area contributed by atoms with E-state index in [1.165, 1.54) is 0 Å². The summed E-state index contributed by atoms with van der Waals surface area (Å²) in [4.78, 5) is 26.0. The van der Waals surface area contributed by atoms with Crippen molar-refractivity contribution in [1.29, 1.82) is 0 Å². The summed E-state index contributed by atoms with van der Waals surface area (Å²) in [7, 11) is 0. The van der Waals surface area contributed by atoms with Gasteiger partial charge in [-0.15, -0.1) is 0 Å². The Morgan fingerprint density at radius 1 is 0.931 bits per heavy atom. The Morgan fingerprint density at radius 2 is 1.59 bits per heavy atom. The van der Waals surface area contributed by atoms with E-state index in [0.717, 1.165) is 44.9 Å². The third-order valence-corrected chi connectivity index (χ3v) is 5.64. The van der Waals surface area contributed by atoms with E-state index in [0.29, 0.717) is 5.57 Å². The van der Waals surface area contributed by atoms with E-state index in [-0.39, 0.29) is 18.0 Å². The minimum absolute atomic E-state index is 0.0271. The van der Waals surface area contributed by atoms with Gasteiger partial charge in [0.1, 0.15) is 17.4 Å². The number of allylic oxidation sites excluding steroid dienone is 1. The second-order valence-electron chi connectivity index (χ2n) is 7.91. The van der Waals surface area contributed by atoms with Crippen molar-refractivity contribution in [3.05, 3.63) is 87.7 Å². The Labute approximate surface area is 171 Å². The summed E-state index contributed by atoms with van der Waals surface area (Å²) in [5.74, 6) is 0.687. The van der Waals surface area contributed by atoms with Crippen LogP contribution in [0.2, 0.25) is 0 Å². The fourth-order valence-electron chi connectivity index (χ4n) is 4.34. The maximum absolute atomic E-state index is 13.2. The van der Waals surface area contributed by atoms with Gasteiger partial charge < -0.3 is 4.42 Å². The average Bonchev–Trinajstić information content (AvgIpc) is 3.16. The Morgan fingerprint density at radius 3 is 2.24 bits per heavy atom. The molecule has 0 bridgehead atoms. The maximum atomic E-state index is 13.2. The molecule has 0 radical (unpaired) electrons. The second kappa shape index (κ2) is 7.32. The summed E-state index contributed by atoms with van der Waals surface area (Å²) in [6, 6.07) is 15.9. The molecule has 1 saturated carbocycles. The van der Waals surface area contributed by atoms with Crippen molar-refractivity contribution in [3.8, 4) is 11.3 Å². The molecule has 0 N–H and O–H groups in total. The summed E-state index contributed by atoms with van der Waals surface area (Å²) in [6.07, 6.45) is 1.99. The molecule has 1 aliphatic carbocycles. The van der Waals surface area contributed by atoms with E-state index in [1.807, 2.05) is 82.3 Å². The molecule has 1 aliphatic rings. The molecule has 146 valence electrons. The zero-order valence-corrected chi connectivity index (χ0v) is 17.2. The van der Waals surface area contributed by atoms with Crippen LogP contribution in [-0.2, 0) is 9.59 Å². The monoisotopic (exact) mass is 384 g/mol. The summed E-state index contributed by atoms with van der Waals surface area (Å²) in [5, 5.41) is 0. The van der Waals surface area contributed by atoms with Crippen LogP contribution in [0.5, 0.6) is 0 Å². The second-order valence-corrected chi connectivity index (χ2v) is 7.91. The van der Waals surface area contributed by atoms with Gasteiger partial charge in [-0.25, -0.2) is 0 Å². The molecule has 1 atom stereocenters. The predicted molar refractivity (Wildman–Crippen MR) is 115 cm³/mol. The number of carbonyl (C=O) groups is 2. The van der Waals surface area contributed by atoms with E-state index >= 15 is 0 Å². The number of furan rings is 1. The number of hydrogen-bond acceptors (Lipinski definition) is 3. The standard InChI is InChI=1S/C26H24O3/c1-15-10-16(2)24(17(3)11-15)25-22(27)13-21(26(25)28)12-20-14-23(29-18(20)4)19-8-6-5-7-9-19/h5-12,14,25H,13H2,1-4H3. The number of benzene rings is 2. The summed E-state index contributed by atoms with van der Waals surface area (Å²) in [6.45, 7) is 7.86. The lowest BCUT2D eigenvalue weighted by Crippen LogP contribution is -2.15. The van der Waals surface area contributed by atoms with Crippen LogP contribution in [-0.4, -0.2) is 11.6 Å². The van der Waals surface area contributed by atoms with Crippen molar-refractivity contribution in [2.75, 3.05) is 0 Å². The van der Waals surface area contributed by atoms with Crippen molar-refractivity contribution >= 4 is 17.6 Å². The van der Waals surface area contributed by atoms with Gasteiger partial charge in [0.2, 0.25) is 0 Å². The molecule has 0 aliphatic heterocycles. The first-order chi connectivity index (χ1) is 13.8. The van der Waals surface area contributed by atoms with Crippen LogP contribution in [0.25, 0.3) is 17.4 Å². The Balaban J connectivity index is 1.70. The molecule has 0 spiro atoms. The predicted octanol–water partition coefficient (Wildman–Crippen LogP) is 5.89. The molecule has 3 aromatic rings. The number of rotatable bonds is 3. The molecule has 2 aromatic carbocycles. The molecule has 1 aromatic heterocycles. The molecule has 4 rings (SSSR count). The van der Waals surface area contributed by atoms with Crippen LogP contribution < -0.4 is 0 Å². The van der Waals surface area contributed by atoms with E-state index in [2.05, 4.69) is 0 Å². The van der Waals surface area contributed by atoms with Gasteiger partial charge in [0.15, 0.2) is 11.6 Å². The maximum Gasteiger partial charge on any atom is 0.174 e. The van der Waals surface area contributed by atoms with E-state index in [9.17, 15) is 9.59 Å². The lowest BCUT2D eigenvalue weighted by Gasteiger charge is -2.15. The average molecular weight is 384 g/mol. The Hall–Kier alpha value is -3.20. The number of ketones is 2. The smallest absolute Gasteiger partial charge is 0.174 e. The zero-order chi connectivity index (χ0) is 20.7. The fourth-order valence-corrected chi connectivity index (χ4v) is 4.34. The van der Waals surface area contributed by atoms with Crippen molar-refractivity contribution < 1.29 is 14.0 Å². The van der Waals surface area contributed by atoms with Gasteiger partial charge in [-0.3, -0.25) is 9.59 Å². The van der Waals surface area contributed by atoms with E-state index < -0.39 is 5.92 Å². The highest BCUT2D eigenvalue weighted by molar-refractivity contribution is 6.24. The highest BCUT2D eigenvalue weighted by atomic mass is 16.3. The van der Waals surface area contributed by atoms with Gasteiger partial charge in [-0.1, -0.05) is 48.0 Å². The van der Waals surface area contributed by atoms with Gasteiger partial charge in [-0.2, -0.15) is 0 Å². The Kier molecular flexibility index (Phi) is 4.83. The highest BCUT2D eigenvalue weighted by Gasteiger charge is 2.39. The highest BCUT2D eigenvalue weighted by Crippen LogP contribution is 2.37. The quantitative estimate of drug-likeness (QED) is 0.418. The molecular weight excluding hydrogens is 360 g/mol. The first-order valence-electron chi connectivity index (χ1n) is 9.86. The Bertz CT molecular complexity index is 1120. The van der Waals surface area contributed by atoms with E-state index in [4.69, 9.17) is 4.42 Å². The number of hydrogen-bond donors (Lipinski definition) is 0. The van der Waals surface area contributed by atoms with E-state index in [1.54, 1.807) is 0 Å². The number of Topliss-reactive ketones (excluding diaryl/α,β-unsaturated/α-hetero) is 2. The summed E-state index contributed by atoms with van der Waals surface area (Å²) < 4.78 is 5.90. The molecule has 1 heterocycles. The summed E-state index contributed by atoms with van der Waals surface area (Å²) >= 11 is 0. The lowest BCUT2D eigenvalue weighted by atomic mass is 9.87.